The van der Waals surface area contributed by atoms with E-state index in [-0.39, 0.29) is 0 Å². The first kappa shape index (κ1) is 16.5. The third kappa shape index (κ3) is 5.77. The van der Waals surface area contributed by atoms with Gasteiger partial charge in [0.2, 0.25) is 0 Å². The minimum atomic E-state index is 0.625. The minimum absolute atomic E-state index is 0.625. The summed E-state index contributed by atoms with van der Waals surface area (Å²) >= 11 is 0. The van der Waals surface area contributed by atoms with E-state index in [4.69, 9.17) is 9.47 Å². The Kier molecular flexibility index (Phi) is 7.79. The summed E-state index contributed by atoms with van der Waals surface area (Å²) < 4.78 is 10.5. The van der Waals surface area contributed by atoms with Gasteiger partial charge in [0.25, 0.3) is 0 Å². The average Bonchev–Trinajstić information content (AvgIpc) is 2.55. The van der Waals surface area contributed by atoms with Crippen LogP contribution in [-0.2, 0) is 9.47 Å². The van der Waals surface area contributed by atoms with E-state index in [1.54, 1.807) is 7.11 Å². The van der Waals surface area contributed by atoms with Crippen molar-refractivity contribution in [2.45, 2.75) is 44.1 Å². The predicted molar refractivity (Wildman–Crippen MR) is 86.8 cm³/mol. The number of hydrogen-bond donors (Lipinski definition) is 1. The maximum Gasteiger partial charge on any atom is 0.0700 e. The zero-order chi connectivity index (χ0) is 14.8. The van der Waals surface area contributed by atoms with Gasteiger partial charge in [0.1, 0.15) is 0 Å². The second kappa shape index (κ2) is 9.93. The molecule has 0 aromatic heterocycles. The van der Waals surface area contributed by atoms with Crippen LogP contribution in [0.5, 0.6) is 0 Å². The molecule has 0 saturated heterocycles. The van der Waals surface area contributed by atoms with Crippen LogP contribution in [0.2, 0.25) is 0 Å². The van der Waals surface area contributed by atoms with E-state index in [2.05, 4.69) is 35.6 Å². The van der Waals surface area contributed by atoms with E-state index in [0.717, 1.165) is 19.6 Å². The summed E-state index contributed by atoms with van der Waals surface area (Å²) in [5, 5.41) is 3.75. The summed E-state index contributed by atoms with van der Waals surface area (Å²) in [7, 11) is 1.71. The zero-order valence-electron chi connectivity index (χ0n) is 13.2. The molecule has 2 atom stereocenters. The molecule has 3 heteroatoms. The molecule has 21 heavy (non-hydrogen) atoms. The maximum atomic E-state index is 5.51. The SMILES string of the molecule is COCCOCCCNC1CCCCC1c1ccccc1. The molecule has 0 radical (unpaired) electrons. The van der Waals surface area contributed by atoms with Gasteiger partial charge < -0.3 is 14.8 Å². The Bertz CT molecular complexity index is 369. The van der Waals surface area contributed by atoms with E-state index in [9.17, 15) is 0 Å². The molecule has 1 N–H and O–H groups in total. The molecule has 1 fully saturated rings. The lowest BCUT2D eigenvalue weighted by Crippen LogP contribution is -2.38. The van der Waals surface area contributed by atoms with Crippen molar-refractivity contribution in [2.24, 2.45) is 0 Å². The lowest BCUT2D eigenvalue weighted by atomic mass is 9.80. The molecule has 2 rings (SSSR count). The van der Waals surface area contributed by atoms with Crippen molar-refractivity contribution < 1.29 is 9.47 Å². The van der Waals surface area contributed by atoms with Gasteiger partial charge >= 0.3 is 0 Å². The number of nitrogens with one attached hydrogen (secondary N) is 1. The van der Waals surface area contributed by atoms with Crippen molar-refractivity contribution in [1.82, 2.24) is 5.32 Å². The zero-order valence-corrected chi connectivity index (χ0v) is 13.2. The van der Waals surface area contributed by atoms with Gasteiger partial charge in [-0.3, -0.25) is 0 Å². The minimum Gasteiger partial charge on any atom is -0.382 e. The molecule has 1 saturated carbocycles. The molecule has 2 unspecified atom stereocenters. The van der Waals surface area contributed by atoms with Crippen molar-refractivity contribution in [3.8, 4) is 0 Å². The molecule has 1 aliphatic carbocycles. The van der Waals surface area contributed by atoms with Crippen molar-refractivity contribution in [3.63, 3.8) is 0 Å². The number of ether oxygens (including phenoxy) is 2. The van der Waals surface area contributed by atoms with Gasteiger partial charge in [0.05, 0.1) is 13.2 Å². The van der Waals surface area contributed by atoms with Crippen LogP contribution in [0.1, 0.15) is 43.6 Å². The summed E-state index contributed by atoms with van der Waals surface area (Å²) in [6.45, 7) is 3.25. The van der Waals surface area contributed by atoms with Crippen molar-refractivity contribution in [2.75, 3.05) is 33.5 Å². The normalized spacial score (nSPS) is 22.3. The van der Waals surface area contributed by atoms with E-state index in [1.807, 2.05) is 0 Å². The maximum absolute atomic E-state index is 5.51. The summed E-state index contributed by atoms with van der Waals surface area (Å²) in [6.07, 6.45) is 6.39. The van der Waals surface area contributed by atoms with E-state index in [1.165, 1.54) is 31.2 Å². The Morgan fingerprint density at radius 3 is 2.67 bits per heavy atom. The first-order chi connectivity index (χ1) is 10.4. The van der Waals surface area contributed by atoms with Crippen LogP contribution in [0.4, 0.5) is 0 Å². The molecule has 118 valence electrons. The predicted octanol–water partition coefficient (Wildman–Crippen LogP) is 3.36. The van der Waals surface area contributed by atoms with Gasteiger partial charge in [-0.15, -0.1) is 0 Å². The lowest BCUT2D eigenvalue weighted by Gasteiger charge is -2.33. The number of benzene rings is 1. The van der Waals surface area contributed by atoms with Gasteiger partial charge in [-0.05, 0) is 37.3 Å². The topological polar surface area (TPSA) is 30.5 Å². The largest absolute Gasteiger partial charge is 0.382 e. The average molecular weight is 291 g/mol. The lowest BCUT2D eigenvalue weighted by molar-refractivity contribution is 0.0690. The highest BCUT2D eigenvalue weighted by Crippen LogP contribution is 2.32. The third-order valence-corrected chi connectivity index (χ3v) is 4.30. The van der Waals surface area contributed by atoms with Crippen LogP contribution in [0.25, 0.3) is 0 Å². The van der Waals surface area contributed by atoms with Gasteiger partial charge in [0.15, 0.2) is 0 Å². The fraction of sp³-hybridized carbons (Fsp3) is 0.667. The Hall–Kier alpha value is -0.900. The summed E-state index contributed by atoms with van der Waals surface area (Å²) in [5.41, 5.74) is 1.49. The van der Waals surface area contributed by atoms with Gasteiger partial charge in [-0.1, -0.05) is 43.2 Å². The van der Waals surface area contributed by atoms with E-state index < -0.39 is 0 Å². The van der Waals surface area contributed by atoms with Crippen molar-refractivity contribution in [1.29, 1.82) is 0 Å². The Morgan fingerprint density at radius 1 is 1.05 bits per heavy atom. The molecule has 0 heterocycles. The highest BCUT2D eigenvalue weighted by Gasteiger charge is 2.25. The molecule has 0 aliphatic heterocycles. The Morgan fingerprint density at radius 2 is 1.86 bits per heavy atom. The third-order valence-electron chi connectivity index (χ3n) is 4.30. The van der Waals surface area contributed by atoms with Crippen LogP contribution < -0.4 is 5.32 Å². The van der Waals surface area contributed by atoms with Crippen molar-refractivity contribution in [3.05, 3.63) is 35.9 Å². The number of rotatable bonds is 9. The fourth-order valence-corrected chi connectivity index (χ4v) is 3.18. The Balaban J connectivity index is 1.70. The first-order valence-corrected chi connectivity index (χ1v) is 8.27. The van der Waals surface area contributed by atoms with E-state index >= 15 is 0 Å². The second-order valence-electron chi connectivity index (χ2n) is 5.82. The first-order valence-electron chi connectivity index (χ1n) is 8.27. The molecule has 3 nitrogen and oxygen atoms in total. The number of hydrogen-bond acceptors (Lipinski definition) is 3. The monoisotopic (exact) mass is 291 g/mol. The molecule has 1 aliphatic rings. The second-order valence-corrected chi connectivity index (χ2v) is 5.82. The number of methoxy groups -OCH3 is 1. The standard InChI is InChI=1S/C18H29NO2/c1-20-14-15-21-13-7-12-19-18-11-6-5-10-17(18)16-8-3-2-4-9-16/h2-4,8-9,17-19H,5-7,10-15H2,1H3. The van der Waals surface area contributed by atoms with Gasteiger partial charge in [-0.25, -0.2) is 0 Å². The highest BCUT2D eigenvalue weighted by atomic mass is 16.5. The van der Waals surface area contributed by atoms with Crippen LogP contribution in [-0.4, -0.2) is 39.5 Å². The van der Waals surface area contributed by atoms with Crippen LogP contribution in [0, 0.1) is 0 Å². The van der Waals surface area contributed by atoms with Crippen LogP contribution in [0.3, 0.4) is 0 Å². The van der Waals surface area contributed by atoms with Gasteiger partial charge in [-0.2, -0.15) is 0 Å². The molecule has 1 aromatic carbocycles. The summed E-state index contributed by atoms with van der Waals surface area (Å²) in [6, 6.07) is 11.6. The van der Waals surface area contributed by atoms with Gasteiger partial charge in [0, 0.05) is 19.8 Å². The molecular formula is C18H29NO2. The molecular weight excluding hydrogens is 262 g/mol. The summed E-state index contributed by atoms with van der Waals surface area (Å²) in [4.78, 5) is 0. The van der Waals surface area contributed by atoms with Crippen LogP contribution >= 0.6 is 0 Å². The summed E-state index contributed by atoms with van der Waals surface area (Å²) in [5.74, 6) is 0.675. The van der Waals surface area contributed by atoms with Crippen LogP contribution in [0.15, 0.2) is 30.3 Å². The fourth-order valence-electron chi connectivity index (χ4n) is 3.18. The molecule has 0 bridgehead atoms. The Labute approximate surface area is 129 Å². The van der Waals surface area contributed by atoms with Crippen molar-refractivity contribution >= 4 is 0 Å². The molecule has 1 aromatic rings. The highest BCUT2D eigenvalue weighted by molar-refractivity contribution is 5.21. The quantitative estimate of drug-likeness (QED) is 0.708. The molecule has 0 amide bonds. The molecule has 0 spiro atoms. The smallest absolute Gasteiger partial charge is 0.0700 e. The van der Waals surface area contributed by atoms with E-state index in [0.29, 0.717) is 25.2 Å².